The second-order valence-corrected chi connectivity index (χ2v) is 11.0. The molecule has 6 rings (SSSR count). The zero-order valence-corrected chi connectivity index (χ0v) is 20.7. The van der Waals surface area contributed by atoms with Gasteiger partial charge in [-0.1, -0.05) is 23.7 Å². The first-order valence-corrected chi connectivity index (χ1v) is 12.3. The number of hydrogen-bond acceptors (Lipinski definition) is 5. The number of nitrogens with zero attached hydrogens (tertiary/aromatic N) is 1. The summed E-state index contributed by atoms with van der Waals surface area (Å²) >= 11 is 6.65. The summed E-state index contributed by atoms with van der Waals surface area (Å²) in [6, 6.07) is 4.74. The zero-order chi connectivity index (χ0) is 26.1. The molecule has 12 heteroatoms. The van der Waals surface area contributed by atoms with E-state index in [2.05, 4.69) is 10.6 Å². The lowest BCUT2D eigenvalue weighted by Gasteiger charge is -2.45. The van der Waals surface area contributed by atoms with Crippen molar-refractivity contribution in [2.24, 2.45) is 5.41 Å². The Morgan fingerprint density at radius 2 is 2.06 bits per heavy atom. The maximum Gasteiger partial charge on any atom is 0.396 e. The van der Waals surface area contributed by atoms with Crippen molar-refractivity contribution in [3.8, 4) is 0 Å². The van der Waals surface area contributed by atoms with Crippen LogP contribution in [-0.4, -0.2) is 59.8 Å². The van der Waals surface area contributed by atoms with Gasteiger partial charge in [-0.3, -0.25) is 19.9 Å². The largest absolute Gasteiger partial charge is 0.396 e. The van der Waals surface area contributed by atoms with Crippen LogP contribution in [0.25, 0.3) is 0 Å². The third kappa shape index (κ3) is 3.86. The van der Waals surface area contributed by atoms with Gasteiger partial charge < -0.3 is 20.1 Å². The lowest BCUT2D eigenvalue weighted by Crippen LogP contribution is -2.63. The van der Waals surface area contributed by atoms with Gasteiger partial charge in [0.05, 0.1) is 40.8 Å². The Bertz CT molecular complexity index is 1100. The molecule has 0 aromatic heterocycles. The fourth-order valence-corrected chi connectivity index (χ4v) is 6.34. The maximum atomic E-state index is 13.3. The van der Waals surface area contributed by atoms with Crippen LogP contribution >= 0.6 is 11.6 Å². The third-order valence-corrected chi connectivity index (χ3v) is 8.37. The van der Waals surface area contributed by atoms with E-state index in [1.54, 1.807) is 25.1 Å². The normalized spacial score (nSPS) is 36.3. The molecule has 0 radical (unpaired) electrons. The highest BCUT2D eigenvalue weighted by Gasteiger charge is 2.76. The van der Waals surface area contributed by atoms with Crippen LogP contribution in [0.2, 0.25) is 5.02 Å². The summed E-state index contributed by atoms with van der Waals surface area (Å²) < 4.78 is 50.9. The first-order valence-electron chi connectivity index (χ1n) is 11.9. The number of carbonyl (C=O) groups is 2. The topological polar surface area (TPSA) is 104 Å². The second kappa shape index (κ2) is 8.32. The molecule has 8 nitrogen and oxygen atoms in total. The highest BCUT2D eigenvalue weighted by atomic mass is 35.5. The van der Waals surface area contributed by atoms with Gasteiger partial charge in [0.25, 0.3) is 5.91 Å². The summed E-state index contributed by atoms with van der Waals surface area (Å²) in [5.41, 5.74) is -3.83. The first kappa shape index (κ1) is 25.3. The van der Waals surface area contributed by atoms with E-state index in [9.17, 15) is 22.8 Å². The van der Waals surface area contributed by atoms with Gasteiger partial charge in [-0.15, -0.1) is 0 Å². The number of alkyl halides is 3. The van der Waals surface area contributed by atoms with E-state index in [0.29, 0.717) is 25.0 Å². The Balaban J connectivity index is 1.33. The van der Waals surface area contributed by atoms with Crippen molar-refractivity contribution in [1.82, 2.24) is 10.2 Å². The van der Waals surface area contributed by atoms with E-state index in [4.69, 9.17) is 26.5 Å². The number of carbonyl (C=O) groups excluding carboxylic acids is 2. The number of ether oxygens (including phenoxy) is 2. The molecule has 4 saturated heterocycles. The van der Waals surface area contributed by atoms with Crippen LogP contribution in [0.1, 0.15) is 51.5 Å². The van der Waals surface area contributed by atoms with Gasteiger partial charge in [0.15, 0.2) is 5.96 Å². The van der Waals surface area contributed by atoms with Gasteiger partial charge in [-0.2, -0.15) is 13.2 Å². The molecule has 4 aliphatic heterocycles. The Labute approximate surface area is 211 Å². The summed E-state index contributed by atoms with van der Waals surface area (Å²) in [5.74, 6) is -0.930. The standard InChI is InChI=1S/C24H28ClF3N4O4/c1-13-8-14(6-7-35-13)32-17(33)9-21(2,31-20(32)29)15-4-3-5-16(18(15)25)30-19(34)23-10-22(11-23,12-36-23)24(26,27)28/h3-5,13-14H,6-12H2,1-2H3,(H2,29,31)(H,30,34)/t13-,14-,21+,22?,23?/m1/s1. The Morgan fingerprint density at radius 3 is 2.67 bits per heavy atom. The molecule has 5 fully saturated rings. The minimum Gasteiger partial charge on any atom is -0.378 e. The Hall–Kier alpha value is -2.37. The third-order valence-electron chi connectivity index (χ3n) is 7.96. The zero-order valence-electron chi connectivity index (χ0n) is 19.9. The molecule has 1 aliphatic carbocycles. The van der Waals surface area contributed by atoms with Gasteiger partial charge in [-0.25, -0.2) is 0 Å². The number of fused-ring (bicyclic) bond motifs is 1. The quantitative estimate of drug-likeness (QED) is 0.549. The molecule has 4 heterocycles. The van der Waals surface area contributed by atoms with Gasteiger partial charge >= 0.3 is 6.18 Å². The average Bonchev–Trinajstić information content (AvgIpc) is 3.33. The molecular weight excluding hydrogens is 501 g/mol. The Morgan fingerprint density at radius 1 is 1.33 bits per heavy atom. The van der Waals surface area contributed by atoms with Crippen LogP contribution in [0, 0.1) is 10.8 Å². The van der Waals surface area contributed by atoms with Crippen LogP contribution in [0.15, 0.2) is 18.2 Å². The number of guanidine groups is 1. The SMILES string of the molecule is C[C@@H]1C[C@H](N2C(=N)N[C@](C)(c3cccc(NC(=O)C45CC(C(F)(F)F)(CO4)C5)c3Cl)CC2=O)CCO1. The van der Waals surface area contributed by atoms with Gasteiger partial charge in [-0.05, 0) is 38.3 Å². The number of amides is 2. The lowest BCUT2D eigenvalue weighted by molar-refractivity contribution is -0.241. The number of halogens is 4. The molecule has 2 amide bonds. The van der Waals surface area contributed by atoms with Crippen molar-refractivity contribution >= 4 is 35.1 Å². The number of anilines is 1. The molecule has 196 valence electrons. The molecule has 0 unspecified atom stereocenters. The van der Waals surface area contributed by atoms with E-state index in [1.165, 1.54) is 4.90 Å². The molecule has 36 heavy (non-hydrogen) atoms. The van der Waals surface area contributed by atoms with E-state index in [1.807, 2.05) is 6.92 Å². The summed E-state index contributed by atoms with van der Waals surface area (Å²) in [6.45, 7) is 3.66. The fourth-order valence-electron chi connectivity index (χ4n) is 5.96. The van der Waals surface area contributed by atoms with Crippen molar-refractivity contribution in [2.75, 3.05) is 18.5 Å². The maximum absolute atomic E-state index is 13.3. The molecule has 3 atom stereocenters. The predicted molar refractivity (Wildman–Crippen MR) is 125 cm³/mol. The molecule has 1 saturated carbocycles. The monoisotopic (exact) mass is 528 g/mol. The van der Waals surface area contributed by atoms with Crippen LogP contribution in [0.4, 0.5) is 18.9 Å². The van der Waals surface area contributed by atoms with E-state index in [-0.39, 0.29) is 41.1 Å². The summed E-state index contributed by atoms with van der Waals surface area (Å²) in [7, 11) is 0. The highest BCUT2D eigenvalue weighted by Crippen LogP contribution is 2.65. The predicted octanol–water partition coefficient (Wildman–Crippen LogP) is 3.93. The van der Waals surface area contributed by atoms with Gasteiger partial charge in [0.2, 0.25) is 5.91 Å². The van der Waals surface area contributed by atoms with Crippen LogP contribution in [0.3, 0.4) is 0 Å². The van der Waals surface area contributed by atoms with Crippen molar-refractivity contribution in [1.29, 1.82) is 5.41 Å². The molecule has 5 aliphatic rings. The van der Waals surface area contributed by atoms with Crippen LogP contribution in [0.5, 0.6) is 0 Å². The van der Waals surface area contributed by atoms with Crippen molar-refractivity contribution < 1.29 is 32.2 Å². The van der Waals surface area contributed by atoms with Gasteiger partial charge in [0, 0.05) is 25.5 Å². The highest BCUT2D eigenvalue weighted by molar-refractivity contribution is 6.34. The molecule has 1 aromatic carbocycles. The van der Waals surface area contributed by atoms with E-state index < -0.39 is 48.1 Å². The van der Waals surface area contributed by atoms with Crippen LogP contribution in [-0.2, 0) is 24.6 Å². The van der Waals surface area contributed by atoms with E-state index >= 15 is 0 Å². The number of rotatable bonds is 4. The minimum absolute atomic E-state index is 0.00679. The summed E-state index contributed by atoms with van der Waals surface area (Å²) in [4.78, 5) is 27.6. The fraction of sp³-hybridized carbons (Fsp3) is 0.625. The molecule has 2 bridgehead atoms. The van der Waals surface area contributed by atoms with Gasteiger partial charge in [0.1, 0.15) is 5.60 Å². The van der Waals surface area contributed by atoms with Crippen molar-refractivity contribution in [3.05, 3.63) is 28.8 Å². The summed E-state index contributed by atoms with van der Waals surface area (Å²) in [6.07, 6.45) is -3.98. The molecular formula is C24H28ClF3N4O4. The number of hydrogen-bond donors (Lipinski definition) is 3. The second-order valence-electron chi connectivity index (χ2n) is 10.6. The lowest BCUT2D eigenvalue weighted by atomic mass is 9.61. The van der Waals surface area contributed by atoms with E-state index in [0.717, 1.165) is 0 Å². The summed E-state index contributed by atoms with van der Waals surface area (Å²) in [5, 5.41) is 14.5. The van der Waals surface area contributed by atoms with Crippen molar-refractivity contribution in [2.45, 2.75) is 75.4 Å². The molecule has 1 aromatic rings. The Kier molecular flexibility index (Phi) is 5.85. The average molecular weight is 529 g/mol. The smallest absolute Gasteiger partial charge is 0.378 e. The van der Waals surface area contributed by atoms with Crippen LogP contribution < -0.4 is 10.6 Å². The number of benzene rings is 1. The number of nitrogens with one attached hydrogen (secondary N) is 3. The first-order chi connectivity index (χ1) is 16.8. The molecule has 0 spiro atoms. The van der Waals surface area contributed by atoms with Crippen molar-refractivity contribution in [3.63, 3.8) is 0 Å². The minimum atomic E-state index is -4.43. The molecule has 3 N–H and O–H groups in total.